The van der Waals surface area contributed by atoms with Crippen LogP contribution in [0.2, 0.25) is 0 Å². The van der Waals surface area contributed by atoms with Gasteiger partial charge in [-0.15, -0.1) is 0 Å². The minimum Gasteiger partial charge on any atom is -0.465 e. The maximum absolute atomic E-state index is 9.50. The molecule has 92 valence electrons. The van der Waals surface area contributed by atoms with Crippen LogP contribution in [0.4, 0.5) is 0 Å². The van der Waals surface area contributed by atoms with Crippen LogP contribution < -0.4 is 5.32 Å². The van der Waals surface area contributed by atoms with Gasteiger partial charge in [0.05, 0.1) is 12.1 Å². The minimum absolute atomic E-state index is 0.567. The van der Waals surface area contributed by atoms with Crippen LogP contribution >= 0.6 is 11.8 Å². The molecule has 0 saturated carbocycles. The molecule has 1 aromatic heterocycles. The highest BCUT2D eigenvalue weighted by Crippen LogP contribution is 2.11. The molecule has 0 unspecified atom stereocenters. The Morgan fingerprint density at radius 3 is 2.75 bits per heavy atom. The molecule has 16 heavy (non-hydrogen) atoms. The van der Waals surface area contributed by atoms with E-state index in [9.17, 15) is 5.11 Å². The van der Waals surface area contributed by atoms with Crippen molar-refractivity contribution in [2.45, 2.75) is 32.9 Å². The molecule has 0 saturated heterocycles. The molecule has 1 aromatic rings. The van der Waals surface area contributed by atoms with Crippen molar-refractivity contribution in [3.63, 3.8) is 0 Å². The zero-order chi connectivity index (χ0) is 12.0. The zero-order valence-electron chi connectivity index (χ0n) is 10.2. The van der Waals surface area contributed by atoms with Crippen molar-refractivity contribution in [1.82, 2.24) is 5.32 Å². The first-order chi connectivity index (χ1) is 7.47. The van der Waals surface area contributed by atoms with Crippen molar-refractivity contribution in [3.8, 4) is 0 Å². The van der Waals surface area contributed by atoms with E-state index < -0.39 is 5.60 Å². The predicted octanol–water partition coefficient (Wildman–Crippen LogP) is 2.18. The van der Waals surface area contributed by atoms with Crippen LogP contribution in [0.15, 0.2) is 16.5 Å². The molecule has 0 fully saturated rings. The molecule has 0 aliphatic heterocycles. The Labute approximate surface area is 102 Å². The van der Waals surface area contributed by atoms with Crippen molar-refractivity contribution < 1.29 is 9.52 Å². The Balaban J connectivity index is 2.00. The molecule has 0 radical (unpaired) electrons. The third kappa shape index (κ3) is 6.20. The third-order valence-corrected chi connectivity index (χ3v) is 3.38. The number of furan rings is 1. The van der Waals surface area contributed by atoms with E-state index in [4.69, 9.17) is 4.42 Å². The molecule has 1 heterocycles. The number of hydrogen-bond acceptors (Lipinski definition) is 4. The number of aryl methyl sites for hydroxylation is 1. The first-order valence-corrected chi connectivity index (χ1v) is 6.69. The number of rotatable bonds is 7. The van der Waals surface area contributed by atoms with Gasteiger partial charge in [-0.1, -0.05) is 0 Å². The van der Waals surface area contributed by atoms with Gasteiger partial charge in [0, 0.05) is 18.1 Å². The molecule has 0 aromatic carbocycles. The van der Waals surface area contributed by atoms with E-state index in [1.54, 1.807) is 11.8 Å². The summed E-state index contributed by atoms with van der Waals surface area (Å²) < 4.78 is 5.43. The largest absolute Gasteiger partial charge is 0.465 e. The molecule has 0 aliphatic rings. The van der Waals surface area contributed by atoms with Crippen molar-refractivity contribution in [1.29, 1.82) is 0 Å². The maximum atomic E-state index is 9.50. The average molecular weight is 243 g/mol. The first kappa shape index (κ1) is 13.6. The van der Waals surface area contributed by atoms with Gasteiger partial charge in [-0.2, -0.15) is 11.8 Å². The van der Waals surface area contributed by atoms with Gasteiger partial charge in [0.1, 0.15) is 11.5 Å². The molecule has 4 heteroatoms. The lowest BCUT2D eigenvalue weighted by Crippen LogP contribution is -2.23. The second-order valence-corrected chi connectivity index (χ2v) is 5.66. The van der Waals surface area contributed by atoms with Gasteiger partial charge in [-0.3, -0.25) is 0 Å². The summed E-state index contributed by atoms with van der Waals surface area (Å²) in [6.07, 6.45) is 0. The van der Waals surface area contributed by atoms with Crippen molar-refractivity contribution in [2.24, 2.45) is 0 Å². The Kier molecular flexibility index (Phi) is 5.38. The SMILES string of the molecule is Cc1ccc(CNCCSCC(C)(C)O)o1. The smallest absolute Gasteiger partial charge is 0.117 e. The second-order valence-electron chi connectivity index (χ2n) is 4.55. The van der Waals surface area contributed by atoms with Crippen molar-refractivity contribution in [3.05, 3.63) is 23.7 Å². The average Bonchev–Trinajstić information content (AvgIpc) is 2.56. The fraction of sp³-hybridized carbons (Fsp3) is 0.667. The number of hydrogen-bond donors (Lipinski definition) is 2. The summed E-state index contributed by atoms with van der Waals surface area (Å²) in [5.41, 5.74) is -0.567. The fourth-order valence-electron chi connectivity index (χ4n) is 1.26. The van der Waals surface area contributed by atoms with Crippen LogP contribution in [0.5, 0.6) is 0 Å². The van der Waals surface area contributed by atoms with Gasteiger partial charge in [0.2, 0.25) is 0 Å². The fourth-order valence-corrected chi connectivity index (χ4v) is 2.19. The van der Waals surface area contributed by atoms with E-state index in [0.717, 1.165) is 36.1 Å². The highest BCUT2D eigenvalue weighted by atomic mass is 32.2. The maximum Gasteiger partial charge on any atom is 0.117 e. The molecular formula is C12H21NO2S. The standard InChI is InChI=1S/C12H21NO2S/c1-10-4-5-11(15-10)8-13-6-7-16-9-12(2,3)14/h4-5,13-14H,6-9H2,1-3H3. The summed E-state index contributed by atoms with van der Waals surface area (Å²) in [5, 5.41) is 12.8. The van der Waals surface area contributed by atoms with Gasteiger partial charge in [-0.05, 0) is 32.9 Å². The molecule has 3 nitrogen and oxygen atoms in total. The van der Waals surface area contributed by atoms with Crippen LogP contribution in [0.1, 0.15) is 25.4 Å². The van der Waals surface area contributed by atoms with Gasteiger partial charge < -0.3 is 14.8 Å². The zero-order valence-corrected chi connectivity index (χ0v) is 11.1. The highest BCUT2D eigenvalue weighted by Gasteiger charge is 2.11. The predicted molar refractivity (Wildman–Crippen MR) is 68.8 cm³/mol. The summed E-state index contributed by atoms with van der Waals surface area (Å²) in [7, 11) is 0. The normalized spacial score (nSPS) is 12.0. The van der Waals surface area contributed by atoms with Gasteiger partial charge in [0.15, 0.2) is 0 Å². The molecule has 2 N–H and O–H groups in total. The summed E-state index contributed by atoms with van der Waals surface area (Å²) in [5.74, 6) is 3.70. The molecule has 0 amide bonds. The van der Waals surface area contributed by atoms with Crippen LogP contribution in [-0.4, -0.2) is 28.8 Å². The molecule has 0 atom stereocenters. The highest BCUT2D eigenvalue weighted by molar-refractivity contribution is 7.99. The van der Waals surface area contributed by atoms with Gasteiger partial charge >= 0.3 is 0 Å². The quantitative estimate of drug-likeness (QED) is 0.721. The van der Waals surface area contributed by atoms with Crippen LogP contribution in [0.3, 0.4) is 0 Å². The van der Waals surface area contributed by atoms with E-state index in [1.807, 2.05) is 32.9 Å². The molecule has 0 aliphatic carbocycles. The van der Waals surface area contributed by atoms with Crippen molar-refractivity contribution in [2.75, 3.05) is 18.1 Å². The Bertz CT molecular complexity index is 304. The summed E-state index contributed by atoms with van der Waals surface area (Å²) in [4.78, 5) is 0. The third-order valence-electron chi connectivity index (χ3n) is 1.97. The molecule has 1 rings (SSSR count). The lowest BCUT2D eigenvalue weighted by atomic mass is 10.2. The lowest BCUT2D eigenvalue weighted by molar-refractivity contribution is 0.107. The topological polar surface area (TPSA) is 45.4 Å². The van der Waals surface area contributed by atoms with Gasteiger partial charge in [0.25, 0.3) is 0 Å². The molecule has 0 spiro atoms. The number of nitrogens with one attached hydrogen (secondary N) is 1. The monoisotopic (exact) mass is 243 g/mol. The summed E-state index contributed by atoms with van der Waals surface area (Å²) in [6.45, 7) is 7.32. The van der Waals surface area contributed by atoms with E-state index in [2.05, 4.69) is 5.32 Å². The Morgan fingerprint density at radius 2 is 2.19 bits per heavy atom. The Hall–Kier alpha value is -0.450. The Morgan fingerprint density at radius 1 is 1.44 bits per heavy atom. The minimum atomic E-state index is -0.567. The first-order valence-electron chi connectivity index (χ1n) is 5.53. The van der Waals surface area contributed by atoms with Crippen molar-refractivity contribution >= 4 is 11.8 Å². The van der Waals surface area contributed by atoms with Gasteiger partial charge in [-0.25, -0.2) is 0 Å². The molecular weight excluding hydrogens is 222 g/mol. The van der Waals surface area contributed by atoms with Crippen LogP contribution in [-0.2, 0) is 6.54 Å². The van der Waals surface area contributed by atoms with E-state index in [-0.39, 0.29) is 0 Å². The van der Waals surface area contributed by atoms with Crippen LogP contribution in [0, 0.1) is 6.92 Å². The number of thioether (sulfide) groups is 1. The van der Waals surface area contributed by atoms with E-state index >= 15 is 0 Å². The van der Waals surface area contributed by atoms with Crippen LogP contribution in [0.25, 0.3) is 0 Å². The molecule has 0 bridgehead atoms. The van der Waals surface area contributed by atoms with E-state index in [1.165, 1.54) is 0 Å². The second kappa shape index (κ2) is 6.33. The lowest BCUT2D eigenvalue weighted by Gasteiger charge is -2.15. The number of aliphatic hydroxyl groups is 1. The summed E-state index contributed by atoms with van der Waals surface area (Å²) >= 11 is 1.76. The van der Waals surface area contributed by atoms with E-state index in [0.29, 0.717) is 0 Å². The summed E-state index contributed by atoms with van der Waals surface area (Å²) in [6, 6.07) is 3.96.